The van der Waals surface area contributed by atoms with E-state index >= 15 is 0 Å². The molecule has 0 aliphatic carbocycles. The molecule has 0 bridgehead atoms. The zero-order valence-electron chi connectivity index (χ0n) is 19.0. The first-order chi connectivity index (χ1) is 15.1. The van der Waals surface area contributed by atoms with Gasteiger partial charge in [0.1, 0.15) is 4.90 Å². The van der Waals surface area contributed by atoms with E-state index in [9.17, 15) is 18.0 Å². The van der Waals surface area contributed by atoms with Gasteiger partial charge in [-0.1, -0.05) is 26.0 Å². The number of ether oxygens (including phenoxy) is 1. The van der Waals surface area contributed by atoms with E-state index in [0.717, 1.165) is 10.9 Å². The number of pyridine rings is 1. The fraction of sp³-hybridized carbons (Fsp3) is 0.522. The van der Waals surface area contributed by atoms with Crippen LogP contribution in [0.5, 0.6) is 0 Å². The van der Waals surface area contributed by atoms with Crippen molar-refractivity contribution in [3.63, 3.8) is 0 Å². The largest absolute Gasteiger partial charge is 0.452 e. The molecule has 3 rings (SSSR count). The Morgan fingerprint density at radius 2 is 1.91 bits per heavy atom. The Hall–Kier alpha value is -2.52. The van der Waals surface area contributed by atoms with Gasteiger partial charge in [0, 0.05) is 31.2 Å². The third-order valence-corrected chi connectivity index (χ3v) is 7.49. The smallest absolute Gasteiger partial charge is 0.309 e. The van der Waals surface area contributed by atoms with Gasteiger partial charge in [-0.2, -0.15) is 4.31 Å². The summed E-state index contributed by atoms with van der Waals surface area (Å²) in [5.41, 5.74) is 1.40. The minimum Gasteiger partial charge on any atom is -0.452 e. The molecule has 1 amide bonds. The molecule has 1 aliphatic heterocycles. The number of nitrogens with one attached hydrogen (secondary N) is 1. The van der Waals surface area contributed by atoms with E-state index in [1.54, 1.807) is 25.3 Å². The quantitative estimate of drug-likeness (QED) is 0.636. The molecular formula is C23H31N3O5S. The van der Waals surface area contributed by atoms with Gasteiger partial charge in [0.15, 0.2) is 6.10 Å². The van der Waals surface area contributed by atoms with E-state index in [2.05, 4.69) is 10.3 Å². The number of hydrogen-bond donors (Lipinski definition) is 1. The first-order valence-electron chi connectivity index (χ1n) is 10.9. The molecule has 1 aromatic heterocycles. The second-order valence-electron chi connectivity index (χ2n) is 8.74. The topological polar surface area (TPSA) is 106 Å². The highest BCUT2D eigenvalue weighted by molar-refractivity contribution is 7.89. The number of hydrogen-bond acceptors (Lipinski definition) is 6. The summed E-state index contributed by atoms with van der Waals surface area (Å²) in [6, 6.07) is 7.03. The fourth-order valence-electron chi connectivity index (χ4n) is 3.69. The number of aryl methyl sites for hydroxylation is 1. The molecular weight excluding hydrogens is 430 g/mol. The number of aromatic nitrogens is 1. The van der Waals surface area contributed by atoms with Crippen molar-refractivity contribution in [2.75, 3.05) is 19.6 Å². The van der Waals surface area contributed by atoms with Crippen LogP contribution in [0.25, 0.3) is 10.9 Å². The van der Waals surface area contributed by atoms with Gasteiger partial charge < -0.3 is 10.1 Å². The maximum Gasteiger partial charge on any atom is 0.309 e. The normalized spacial score (nSPS) is 16.8. The Morgan fingerprint density at radius 1 is 1.22 bits per heavy atom. The summed E-state index contributed by atoms with van der Waals surface area (Å²) in [5, 5.41) is 3.52. The summed E-state index contributed by atoms with van der Waals surface area (Å²) in [5.74, 6) is -0.925. The van der Waals surface area contributed by atoms with Crippen molar-refractivity contribution in [3.05, 3.63) is 36.0 Å². The molecule has 8 nitrogen and oxygen atoms in total. The van der Waals surface area contributed by atoms with Crippen molar-refractivity contribution in [2.24, 2.45) is 11.8 Å². The van der Waals surface area contributed by atoms with Crippen LogP contribution in [-0.2, 0) is 24.3 Å². The molecule has 1 aromatic carbocycles. The minimum atomic E-state index is -3.75. The van der Waals surface area contributed by atoms with Crippen LogP contribution in [0.4, 0.5) is 0 Å². The van der Waals surface area contributed by atoms with Gasteiger partial charge in [-0.25, -0.2) is 8.42 Å². The van der Waals surface area contributed by atoms with Crippen molar-refractivity contribution in [3.8, 4) is 0 Å². The zero-order chi connectivity index (χ0) is 23.5. The van der Waals surface area contributed by atoms with Crippen LogP contribution in [0.1, 0.15) is 39.2 Å². The van der Waals surface area contributed by atoms with Crippen LogP contribution in [0.3, 0.4) is 0 Å². The predicted molar refractivity (Wildman–Crippen MR) is 121 cm³/mol. The monoisotopic (exact) mass is 461 g/mol. The van der Waals surface area contributed by atoms with Crippen molar-refractivity contribution in [2.45, 2.75) is 51.5 Å². The highest BCUT2D eigenvalue weighted by Gasteiger charge is 2.34. The number of amides is 1. The average molecular weight is 462 g/mol. The van der Waals surface area contributed by atoms with Gasteiger partial charge in [-0.15, -0.1) is 0 Å². The van der Waals surface area contributed by atoms with E-state index in [-0.39, 0.29) is 23.9 Å². The second-order valence-corrected chi connectivity index (χ2v) is 10.6. The zero-order valence-corrected chi connectivity index (χ0v) is 19.8. The van der Waals surface area contributed by atoms with Crippen LogP contribution >= 0.6 is 0 Å². The lowest BCUT2D eigenvalue weighted by Crippen LogP contribution is -2.42. The third kappa shape index (κ3) is 5.45. The average Bonchev–Trinajstić information content (AvgIpc) is 2.76. The molecule has 2 aromatic rings. The van der Waals surface area contributed by atoms with E-state index in [0.29, 0.717) is 30.8 Å². The third-order valence-electron chi connectivity index (χ3n) is 5.56. The minimum absolute atomic E-state index is 0.173. The van der Waals surface area contributed by atoms with Crippen molar-refractivity contribution in [1.29, 1.82) is 0 Å². The lowest BCUT2D eigenvalue weighted by molar-refractivity contribution is -0.159. The van der Waals surface area contributed by atoms with Crippen LogP contribution in [0.2, 0.25) is 0 Å². The molecule has 1 N–H and O–H groups in total. The summed E-state index contributed by atoms with van der Waals surface area (Å²) in [6.45, 7) is 8.34. The maximum atomic E-state index is 13.3. The fourth-order valence-corrected chi connectivity index (χ4v) is 5.33. The Morgan fingerprint density at radius 3 is 2.56 bits per heavy atom. The van der Waals surface area contributed by atoms with Crippen LogP contribution in [-0.4, -0.2) is 55.3 Å². The Balaban J connectivity index is 1.63. The van der Waals surface area contributed by atoms with E-state index in [1.807, 2.05) is 32.9 Å². The van der Waals surface area contributed by atoms with Crippen molar-refractivity contribution in [1.82, 2.24) is 14.6 Å². The number of carbonyl (C=O) groups is 2. The SMILES string of the molecule is Cc1cnc2c(S(=O)(=O)N3CCC(C(=O)OC(C)C(=O)NCC(C)C)CC3)cccc2c1. The molecule has 1 saturated heterocycles. The van der Waals surface area contributed by atoms with Crippen LogP contribution < -0.4 is 5.32 Å². The molecule has 174 valence electrons. The first-order valence-corrected chi connectivity index (χ1v) is 12.4. The summed E-state index contributed by atoms with van der Waals surface area (Å²) < 4.78 is 33.3. The second kappa shape index (κ2) is 9.95. The Labute approximate surface area is 189 Å². The summed E-state index contributed by atoms with van der Waals surface area (Å²) in [7, 11) is -3.75. The number of sulfonamides is 1. The summed E-state index contributed by atoms with van der Waals surface area (Å²) in [4.78, 5) is 29.1. The highest BCUT2D eigenvalue weighted by Crippen LogP contribution is 2.28. The predicted octanol–water partition coefficient (Wildman–Crippen LogP) is 2.65. The first kappa shape index (κ1) is 24.1. The van der Waals surface area contributed by atoms with Gasteiger partial charge in [0.25, 0.3) is 5.91 Å². The highest BCUT2D eigenvalue weighted by atomic mass is 32.2. The molecule has 32 heavy (non-hydrogen) atoms. The molecule has 1 unspecified atom stereocenters. The van der Waals surface area contributed by atoms with E-state index in [1.165, 1.54) is 4.31 Å². The van der Waals surface area contributed by atoms with E-state index < -0.39 is 28.0 Å². The molecule has 9 heteroatoms. The van der Waals surface area contributed by atoms with Crippen LogP contribution in [0, 0.1) is 18.8 Å². The number of esters is 1. The lowest BCUT2D eigenvalue weighted by atomic mass is 9.98. The number of rotatable bonds is 7. The molecule has 0 spiro atoms. The maximum absolute atomic E-state index is 13.3. The van der Waals surface area contributed by atoms with Crippen molar-refractivity contribution < 1.29 is 22.7 Å². The molecule has 1 aliphatic rings. The molecule has 1 fully saturated rings. The molecule has 2 heterocycles. The van der Waals surface area contributed by atoms with Crippen LogP contribution in [0.15, 0.2) is 35.4 Å². The van der Waals surface area contributed by atoms with Gasteiger partial charge >= 0.3 is 5.97 Å². The lowest BCUT2D eigenvalue weighted by Gasteiger charge is -2.30. The number of piperidine rings is 1. The molecule has 0 saturated carbocycles. The number of nitrogens with zero attached hydrogens (tertiary/aromatic N) is 2. The van der Waals surface area contributed by atoms with Gasteiger partial charge in [-0.3, -0.25) is 14.6 Å². The number of fused-ring (bicyclic) bond motifs is 1. The van der Waals surface area contributed by atoms with Gasteiger partial charge in [0.2, 0.25) is 10.0 Å². The number of para-hydroxylation sites is 1. The molecule has 0 radical (unpaired) electrons. The number of carbonyl (C=O) groups excluding carboxylic acids is 2. The summed E-state index contributed by atoms with van der Waals surface area (Å²) >= 11 is 0. The van der Waals surface area contributed by atoms with Crippen molar-refractivity contribution >= 4 is 32.8 Å². The van der Waals surface area contributed by atoms with Gasteiger partial charge in [-0.05, 0) is 50.3 Å². The Kier molecular flexibility index (Phi) is 7.51. The van der Waals surface area contributed by atoms with E-state index in [4.69, 9.17) is 4.74 Å². The standard InChI is InChI=1S/C23H31N3O5S/c1-15(2)13-25-22(27)17(4)31-23(28)18-8-10-26(11-9-18)32(29,30)20-7-5-6-19-12-16(3)14-24-21(19)20/h5-7,12,14-15,17-18H,8-11,13H2,1-4H3,(H,25,27). The van der Waals surface area contributed by atoms with Gasteiger partial charge in [0.05, 0.1) is 11.4 Å². The Bertz CT molecular complexity index is 1090. The summed E-state index contributed by atoms with van der Waals surface area (Å²) in [6.07, 6.45) is 1.46. The number of benzene rings is 1. The molecule has 1 atom stereocenters.